The van der Waals surface area contributed by atoms with Crippen LogP contribution in [0.2, 0.25) is 0 Å². The summed E-state index contributed by atoms with van der Waals surface area (Å²) in [5.41, 5.74) is 1.35. The van der Waals surface area contributed by atoms with Gasteiger partial charge in [-0.15, -0.1) is 0 Å². The van der Waals surface area contributed by atoms with Crippen LogP contribution >= 0.6 is 0 Å². The first kappa shape index (κ1) is 12.0. The van der Waals surface area contributed by atoms with Crippen LogP contribution < -0.4 is 15.4 Å². The zero-order valence-corrected chi connectivity index (χ0v) is 10.8. The lowest BCUT2D eigenvalue weighted by molar-refractivity contribution is 0.219. The summed E-state index contributed by atoms with van der Waals surface area (Å²) in [6.07, 6.45) is 5.17. The molecule has 3 rings (SSSR count). The fourth-order valence-electron chi connectivity index (χ4n) is 2.89. The van der Waals surface area contributed by atoms with Crippen molar-refractivity contribution in [1.82, 2.24) is 10.6 Å². The van der Waals surface area contributed by atoms with Gasteiger partial charge in [-0.25, -0.2) is 0 Å². The molecule has 3 nitrogen and oxygen atoms in total. The van der Waals surface area contributed by atoms with Gasteiger partial charge in [0.15, 0.2) is 0 Å². The Hall–Kier alpha value is -1.06. The van der Waals surface area contributed by atoms with E-state index in [1.807, 2.05) is 6.07 Å². The summed E-state index contributed by atoms with van der Waals surface area (Å²) in [5.74, 6) is 1.08. The smallest absolute Gasteiger partial charge is 0.123 e. The molecule has 2 atom stereocenters. The minimum absolute atomic E-state index is 0.318. The minimum atomic E-state index is 0.318. The molecule has 1 aromatic rings. The van der Waals surface area contributed by atoms with Crippen molar-refractivity contribution in [3.05, 3.63) is 29.8 Å². The Morgan fingerprint density at radius 2 is 2.17 bits per heavy atom. The molecule has 98 valence electrons. The molecule has 2 aliphatic heterocycles. The third-order valence-electron chi connectivity index (χ3n) is 3.92. The van der Waals surface area contributed by atoms with Gasteiger partial charge in [-0.3, -0.25) is 0 Å². The molecule has 1 fully saturated rings. The van der Waals surface area contributed by atoms with Crippen molar-refractivity contribution >= 4 is 0 Å². The number of benzene rings is 1. The van der Waals surface area contributed by atoms with Crippen molar-refractivity contribution < 1.29 is 4.74 Å². The number of hydrogen-bond donors (Lipinski definition) is 2. The summed E-state index contributed by atoms with van der Waals surface area (Å²) in [4.78, 5) is 0. The highest BCUT2D eigenvalue weighted by molar-refractivity contribution is 5.37. The van der Waals surface area contributed by atoms with Gasteiger partial charge in [-0.2, -0.15) is 0 Å². The molecule has 0 aromatic heterocycles. The van der Waals surface area contributed by atoms with Crippen LogP contribution in [0.5, 0.6) is 5.75 Å². The molecule has 18 heavy (non-hydrogen) atoms. The Labute approximate surface area is 109 Å². The highest BCUT2D eigenvalue weighted by atomic mass is 16.5. The standard InChI is InChI=1S/C15H22N2O/c1-2-6-15-12(4-1)10-14(18-15)11-17-13-5-3-8-16-9-7-13/h1-2,4,6,13-14,16-17H,3,5,7-11H2. The first-order valence-electron chi connectivity index (χ1n) is 7.10. The second-order valence-corrected chi connectivity index (χ2v) is 5.34. The van der Waals surface area contributed by atoms with Crippen molar-refractivity contribution in [2.75, 3.05) is 19.6 Å². The number of hydrogen-bond acceptors (Lipinski definition) is 3. The molecule has 0 saturated carbocycles. The molecular weight excluding hydrogens is 224 g/mol. The number of para-hydroxylation sites is 1. The van der Waals surface area contributed by atoms with Crippen molar-refractivity contribution in [3.63, 3.8) is 0 Å². The van der Waals surface area contributed by atoms with Gasteiger partial charge < -0.3 is 15.4 Å². The summed E-state index contributed by atoms with van der Waals surface area (Å²) in [7, 11) is 0. The molecule has 1 aromatic carbocycles. The third kappa shape index (κ3) is 2.85. The Balaban J connectivity index is 1.47. The van der Waals surface area contributed by atoms with E-state index in [4.69, 9.17) is 4.74 Å². The van der Waals surface area contributed by atoms with E-state index in [1.54, 1.807) is 0 Å². The van der Waals surface area contributed by atoms with Crippen LogP contribution in [-0.2, 0) is 6.42 Å². The van der Waals surface area contributed by atoms with Gasteiger partial charge in [0, 0.05) is 19.0 Å². The molecule has 0 bridgehead atoms. The number of fused-ring (bicyclic) bond motifs is 1. The Bertz CT molecular complexity index is 361. The van der Waals surface area contributed by atoms with Gasteiger partial charge >= 0.3 is 0 Å². The van der Waals surface area contributed by atoms with E-state index in [1.165, 1.54) is 31.4 Å². The fraction of sp³-hybridized carbons (Fsp3) is 0.600. The number of nitrogens with one attached hydrogen (secondary N) is 2. The van der Waals surface area contributed by atoms with Gasteiger partial charge in [0.25, 0.3) is 0 Å². The van der Waals surface area contributed by atoms with Gasteiger partial charge in [-0.1, -0.05) is 18.2 Å². The second kappa shape index (κ2) is 5.72. The molecule has 3 heteroatoms. The normalized spacial score (nSPS) is 27.3. The quantitative estimate of drug-likeness (QED) is 0.852. The van der Waals surface area contributed by atoms with Gasteiger partial charge in [0.1, 0.15) is 11.9 Å². The third-order valence-corrected chi connectivity index (χ3v) is 3.92. The van der Waals surface area contributed by atoms with E-state index in [2.05, 4.69) is 28.8 Å². The van der Waals surface area contributed by atoms with E-state index in [0.717, 1.165) is 25.3 Å². The van der Waals surface area contributed by atoms with Crippen LogP contribution in [0.4, 0.5) is 0 Å². The molecule has 0 amide bonds. The van der Waals surface area contributed by atoms with Crippen LogP contribution in [0.1, 0.15) is 24.8 Å². The molecule has 2 N–H and O–H groups in total. The lowest BCUT2D eigenvalue weighted by atomic mass is 10.1. The molecule has 2 unspecified atom stereocenters. The monoisotopic (exact) mass is 246 g/mol. The van der Waals surface area contributed by atoms with Crippen molar-refractivity contribution in [3.8, 4) is 5.75 Å². The highest BCUT2D eigenvalue weighted by Crippen LogP contribution is 2.27. The molecule has 2 heterocycles. The largest absolute Gasteiger partial charge is 0.488 e. The molecule has 0 aliphatic carbocycles. The SMILES string of the molecule is c1ccc2c(c1)CC(CNC1CCCNCC1)O2. The summed E-state index contributed by atoms with van der Waals surface area (Å²) in [5, 5.41) is 7.12. The molecule has 0 spiro atoms. The average Bonchev–Trinajstić information content (AvgIpc) is 2.63. The topological polar surface area (TPSA) is 33.3 Å². The Morgan fingerprint density at radius 3 is 3.11 bits per heavy atom. The maximum atomic E-state index is 5.95. The van der Waals surface area contributed by atoms with Crippen molar-refractivity contribution in [1.29, 1.82) is 0 Å². The van der Waals surface area contributed by atoms with Crippen molar-refractivity contribution in [2.45, 2.75) is 37.8 Å². The van der Waals surface area contributed by atoms with Gasteiger partial charge in [-0.05, 0) is 44.0 Å². The number of ether oxygens (including phenoxy) is 1. The van der Waals surface area contributed by atoms with Gasteiger partial charge in [0.05, 0.1) is 0 Å². The maximum Gasteiger partial charge on any atom is 0.123 e. The molecule has 0 radical (unpaired) electrons. The van der Waals surface area contributed by atoms with Crippen molar-refractivity contribution in [2.24, 2.45) is 0 Å². The van der Waals surface area contributed by atoms with E-state index >= 15 is 0 Å². The van der Waals surface area contributed by atoms with E-state index in [-0.39, 0.29) is 0 Å². The van der Waals surface area contributed by atoms with Crippen LogP contribution in [-0.4, -0.2) is 31.8 Å². The summed E-state index contributed by atoms with van der Waals surface area (Å²) >= 11 is 0. The summed E-state index contributed by atoms with van der Waals surface area (Å²) in [6, 6.07) is 9.04. The predicted octanol–water partition coefficient (Wildman–Crippen LogP) is 1.72. The lowest BCUT2D eigenvalue weighted by Crippen LogP contribution is -2.37. The lowest BCUT2D eigenvalue weighted by Gasteiger charge is -2.19. The minimum Gasteiger partial charge on any atom is -0.488 e. The van der Waals surface area contributed by atoms with E-state index in [0.29, 0.717) is 12.1 Å². The van der Waals surface area contributed by atoms with Crippen LogP contribution in [0.25, 0.3) is 0 Å². The average molecular weight is 246 g/mol. The molecule has 1 saturated heterocycles. The molecule has 2 aliphatic rings. The first-order valence-corrected chi connectivity index (χ1v) is 7.10. The maximum absolute atomic E-state index is 5.95. The number of rotatable bonds is 3. The predicted molar refractivity (Wildman–Crippen MR) is 73.1 cm³/mol. The van der Waals surface area contributed by atoms with Crippen LogP contribution in [0.3, 0.4) is 0 Å². The zero-order valence-electron chi connectivity index (χ0n) is 10.8. The van der Waals surface area contributed by atoms with E-state index in [9.17, 15) is 0 Å². The highest BCUT2D eigenvalue weighted by Gasteiger charge is 2.23. The zero-order chi connectivity index (χ0) is 12.2. The Kier molecular flexibility index (Phi) is 3.81. The van der Waals surface area contributed by atoms with Crippen LogP contribution in [0, 0.1) is 0 Å². The van der Waals surface area contributed by atoms with Gasteiger partial charge in [0.2, 0.25) is 0 Å². The summed E-state index contributed by atoms with van der Waals surface area (Å²) < 4.78 is 5.95. The van der Waals surface area contributed by atoms with E-state index < -0.39 is 0 Å². The first-order chi connectivity index (χ1) is 8.92. The second-order valence-electron chi connectivity index (χ2n) is 5.34. The van der Waals surface area contributed by atoms with Crippen LogP contribution in [0.15, 0.2) is 24.3 Å². The Morgan fingerprint density at radius 1 is 1.22 bits per heavy atom. The summed E-state index contributed by atoms with van der Waals surface area (Å²) in [6.45, 7) is 3.28. The fourth-order valence-corrected chi connectivity index (χ4v) is 2.89. The molecular formula is C15H22N2O.